The van der Waals surface area contributed by atoms with Gasteiger partial charge in [0.2, 0.25) is 5.96 Å². The second-order valence-corrected chi connectivity index (χ2v) is 5.39. The number of carbonyl (C=O) groups excluding carboxylic acids is 1. The van der Waals surface area contributed by atoms with Crippen molar-refractivity contribution < 1.29 is 9.53 Å². The Morgan fingerprint density at radius 1 is 1.45 bits per heavy atom. The maximum atomic E-state index is 11.9. The third-order valence-corrected chi connectivity index (χ3v) is 3.11. The smallest absolute Gasteiger partial charge is 0.416 e. The second kappa shape index (κ2) is 6.33. The van der Waals surface area contributed by atoms with E-state index in [9.17, 15) is 4.79 Å². The molecular formula is C13H15Cl2N3O2. The molecule has 1 aromatic carbocycles. The van der Waals surface area contributed by atoms with Gasteiger partial charge in [-0.05, 0) is 32.0 Å². The van der Waals surface area contributed by atoms with Crippen molar-refractivity contribution in [3.05, 3.63) is 28.2 Å². The first-order chi connectivity index (χ1) is 9.47. The van der Waals surface area contributed by atoms with Crippen molar-refractivity contribution in [1.82, 2.24) is 10.2 Å². The van der Waals surface area contributed by atoms with Gasteiger partial charge in [0.05, 0.1) is 16.8 Å². The summed E-state index contributed by atoms with van der Waals surface area (Å²) < 4.78 is 5.16. The average Bonchev–Trinajstić information content (AvgIpc) is 2.80. The van der Waals surface area contributed by atoms with Gasteiger partial charge in [0.1, 0.15) is 0 Å². The number of ether oxygens (including phenoxy) is 1. The van der Waals surface area contributed by atoms with E-state index >= 15 is 0 Å². The molecule has 1 amide bonds. The van der Waals surface area contributed by atoms with Gasteiger partial charge in [-0.1, -0.05) is 23.2 Å². The van der Waals surface area contributed by atoms with Gasteiger partial charge in [0.25, 0.3) is 0 Å². The van der Waals surface area contributed by atoms with E-state index in [0.717, 1.165) is 0 Å². The predicted molar refractivity (Wildman–Crippen MR) is 79.9 cm³/mol. The molecule has 0 unspecified atom stereocenters. The number of nitrogens with zero attached hydrogens (tertiary/aromatic N) is 2. The number of benzene rings is 1. The van der Waals surface area contributed by atoms with Gasteiger partial charge in [-0.3, -0.25) is 0 Å². The van der Waals surface area contributed by atoms with Crippen LogP contribution in [0.15, 0.2) is 23.2 Å². The van der Waals surface area contributed by atoms with Gasteiger partial charge >= 0.3 is 6.09 Å². The molecule has 1 N–H and O–H groups in total. The molecule has 0 bridgehead atoms. The molecule has 108 valence electrons. The van der Waals surface area contributed by atoms with Crippen molar-refractivity contribution in [3.63, 3.8) is 0 Å². The fourth-order valence-corrected chi connectivity index (χ4v) is 2.16. The average molecular weight is 316 g/mol. The molecular weight excluding hydrogens is 301 g/mol. The summed E-state index contributed by atoms with van der Waals surface area (Å²) >= 11 is 11.9. The molecule has 20 heavy (non-hydrogen) atoms. The number of hydrogen-bond acceptors (Lipinski definition) is 3. The van der Waals surface area contributed by atoms with Crippen LogP contribution in [0, 0.1) is 0 Å². The Kier molecular flexibility index (Phi) is 4.73. The Balaban J connectivity index is 2.21. The molecule has 1 aliphatic rings. The summed E-state index contributed by atoms with van der Waals surface area (Å²) in [6, 6.07) is 5.00. The van der Waals surface area contributed by atoms with E-state index < -0.39 is 6.09 Å². The molecule has 0 aliphatic carbocycles. The molecule has 5 nitrogen and oxygen atoms in total. The van der Waals surface area contributed by atoms with Crippen molar-refractivity contribution >= 4 is 40.9 Å². The summed E-state index contributed by atoms with van der Waals surface area (Å²) in [4.78, 5) is 17.7. The van der Waals surface area contributed by atoms with Gasteiger partial charge < -0.3 is 10.1 Å². The van der Waals surface area contributed by atoms with Crippen LogP contribution in [-0.4, -0.2) is 36.1 Å². The summed E-state index contributed by atoms with van der Waals surface area (Å²) in [5.74, 6) is 0.430. The van der Waals surface area contributed by atoms with E-state index in [1.807, 2.05) is 0 Å². The molecule has 1 aliphatic heterocycles. The van der Waals surface area contributed by atoms with Crippen LogP contribution in [0.25, 0.3) is 0 Å². The van der Waals surface area contributed by atoms with E-state index in [1.165, 1.54) is 4.90 Å². The van der Waals surface area contributed by atoms with Crippen molar-refractivity contribution in [3.8, 4) is 0 Å². The molecule has 1 heterocycles. The number of nitrogens with one attached hydrogen (secondary N) is 1. The first-order valence-corrected chi connectivity index (χ1v) is 6.98. The number of hydrogen-bond donors (Lipinski definition) is 1. The van der Waals surface area contributed by atoms with Crippen LogP contribution >= 0.6 is 23.2 Å². The topological polar surface area (TPSA) is 53.9 Å². The Labute approximate surface area is 127 Å². The van der Waals surface area contributed by atoms with Gasteiger partial charge in [-0.2, -0.15) is 0 Å². The molecule has 0 spiro atoms. The Morgan fingerprint density at radius 2 is 2.20 bits per heavy atom. The summed E-state index contributed by atoms with van der Waals surface area (Å²) in [6.45, 7) is 4.73. The van der Waals surface area contributed by atoms with Crippen LogP contribution < -0.4 is 5.32 Å². The maximum absolute atomic E-state index is 11.9. The van der Waals surface area contributed by atoms with Crippen LogP contribution in [0.1, 0.15) is 13.8 Å². The molecule has 1 aromatic rings. The van der Waals surface area contributed by atoms with E-state index in [2.05, 4.69) is 10.3 Å². The summed E-state index contributed by atoms with van der Waals surface area (Å²) in [7, 11) is 0. The lowest BCUT2D eigenvalue weighted by atomic mass is 10.3. The minimum atomic E-state index is -0.422. The maximum Gasteiger partial charge on any atom is 0.416 e. The second-order valence-electron chi connectivity index (χ2n) is 4.54. The van der Waals surface area contributed by atoms with Crippen molar-refractivity contribution in [1.29, 1.82) is 0 Å². The van der Waals surface area contributed by atoms with Crippen LogP contribution in [0.5, 0.6) is 0 Å². The lowest BCUT2D eigenvalue weighted by molar-refractivity contribution is 0.0965. The van der Waals surface area contributed by atoms with Crippen molar-refractivity contribution in [2.45, 2.75) is 20.0 Å². The SMILES string of the molecule is CC(C)OC(=O)N1CCN/C1=N\c1ccc(Cl)cc1Cl. The monoisotopic (exact) mass is 315 g/mol. The molecule has 1 saturated heterocycles. The fraction of sp³-hybridized carbons (Fsp3) is 0.385. The predicted octanol–water partition coefficient (Wildman–Crippen LogP) is 3.43. The first-order valence-electron chi connectivity index (χ1n) is 6.23. The Bertz CT molecular complexity index is 546. The first kappa shape index (κ1) is 14.9. The third kappa shape index (κ3) is 3.55. The minimum absolute atomic E-state index is 0.177. The van der Waals surface area contributed by atoms with Gasteiger partial charge in [-0.15, -0.1) is 0 Å². The molecule has 0 radical (unpaired) electrons. The molecule has 7 heteroatoms. The van der Waals surface area contributed by atoms with E-state index in [4.69, 9.17) is 27.9 Å². The third-order valence-electron chi connectivity index (χ3n) is 2.57. The van der Waals surface area contributed by atoms with Crippen LogP contribution in [0.2, 0.25) is 10.0 Å². The minimum Gasteiger partial charge on any atom is -0.446 e. The number of guanidine groups is 1. The number of halogens is 2. The summed E-state index contributed by atoms with van der Waals surface area (Å²) in [5, 5.41) is 4.00. The van der Waals surface area contributed by atoms with Gasteiger partial charge in [0.15, 0.2) is 0 Å². The standard InChI is InChI=1S/C13H15Cl2N3O2/c1-8(2)20-13(19)18-6-5-16-12(18)17-11-4-3-9(14)7-10(11)15/h3-4,7-8H,5-6H2,1-2H3,(H,16,17). The summed E-state index contributed by atoms with van der Waals surface area (Å²) in [5.41, 5.74) is 0.544. The zero-order valence-electron chi connectivity index (χ0n) is 11.2. The highest BCUT2D eigenvalue weighted by Crippen LogP contribution is 2.28. The normalized spacial score (nSPS) is 16.6. The van der Waals surface area contributed by atoms with Crippen LogP contribution in [-0.2, 0) is 4.74 Å². The largest absolute Gasteiger partial charge is 0.446 e. The van der Waals surface area contributed by atoms with E-state index in [1.54, 1.807) is 32.0 Å². The Hall–Kier alpha value is -1.46. The molecule has 0 aromatic heterocycles. The van der Waals surface area contributed by atoms with Crippen molar-refractivity contribution in [2.24, 2.45) is 4.99 Å². The molecule has 1 fully saturated rings. The summed E-state index contributed by atoms with van der Waals surface area (Å²) in [6.07, 6.45) is -0.600. The fourth-order valence-electron chi connectivity index (χ4n) is 1.71. The van der Waals surface area contributed by atoms with Gasteiger partial charge in [0, 0.05) is 18.1 Å². The number of rotatable bonds is 2. The molecule has 0 saturated carbocycles. The van der Waals surface area contributed by atoms with E-state index in [-0.39, 0.29) is 6.10 Å². The zero-order valence-corrected chi connectivity index (χ0v) is 12.7. The lowest BCUT2D eigenvalue weighted by Gasteiger charge is -2.17. The molecule has 2 rings (SSSR count). The Morgan fingerprint density at radius 3 is 2.85 bits per heavy atom. The quantitative estimate of drug-likeness (QED) is 0.909. The van der Waals surface area contributed by atoms with Crippen LogP contribution in [0.3, 0.4) is 0 Å². The highest BCUT2D eigenvalue weighted by atomic mass is 35.5. The van der Waals surface area contributed by atoms with Crippen LogP contribution in [0.4, 0.5) is 10.5 Å². The highest BCUT2D eigenvalue weighted by Gasteiger charge is 2.26. The number of carbonyl (C=O) groups is 1. The van der Waals surface area contributed by atoms with Crippen molar-refractivity contribution in [2.75, 3.05) is 13.1 Å². The van der Waals surface area contributed by atoms with E-state index in [0.29, 0.717) is 34.8 Å². The molecule has 0 atom stereocenters. The zero-order chi connectivity index (χ0) is 14.7. The highest BCUT2D eigenvalue weighted by molar-refractivity contribution is 6.36. The number of amides is 1. The van der Waals surface area contributed by atoms with Gasteiger partial charge in [-0.25, -0.2) is 14.7 Å². The number of aliphatic imine (C=N–C) groups is 1. The lowest BCUT2D eigenvalue weighted by Crippen LogP contribution is -2.37.